The molecule has 4 heteroatoms. The number of carbonyl (C=O) groups is 1. The van der Waals surface area contributed by atoms with Crippen LogP contribution in [-0.4, -0.2) is 36.0 Å². The van der Waals surface area contributed by atoms with Crippen molar-refractivity contribution in [2.45, 2.75) is 18.6 Å². The average Bonchev–Trinajstić information content (AvgIpc) is 2.67. The Morgan fingerprint density at radius 3 is 2.81 bits per heavy atom. The van der Waals surface area contributed by atoms with Gasteiger partial charge >= 0.3 is 0 Å². The van der Waals surface area contributed by atoms with E-state index in [-0.39, 0.29) is 18.1 Å². The SMILES string of the molecule is NC1CN(C(=O)C2Cc3ccccc3O2)C1. The Bertz CT molecular complexity index is 402. The highest BCUT2D eigenvalue weighted by Crippen LogP contribution is 2.29. The molecular formula is C12H14N2O2. The van der Waals surface area contributed by atoms with Gasteiger partial charge in [0.15, 0.2) is 6.10 Å². The minimum absolute atomic E-state index is 0.0675. The first-order valence-corrected chi connectivity index (χ1v) is 5.53. The Morgan fingerprint density at radius 1 is 1.38 bits per heavy atom. The Balaban J connectivity index is 1.69. The van der Waals surface area contributed by atoms with Gasteiger partial charge in [0, 0.05) is 25.6 Å². The number of hydrogen-bond acceptors (Lipinski definition) is 3. The second-order valence-corrected chi connectivity index (χ2v) is 4.42. The molecule has 1 aromatic carbocycles. The number of carbonyl (C=O) groups excluding carboxylic acids is 1. The zero-order valence-corrected chi connectivity index (χ0v) is 8.93. The molecule has 0 radical (unpaired) electrons. The van der Waals surface area contributed by atoms with Crippen LogP contribution in [0.5, 0.6) is 5.75 Å². The first kappa shape index (κ1) is 9.66. The molecule has 1 unspecified atom stereocenters. The Morgan fingerprint density at radius 2 is 2.12 bits per heavy atom. The lowest BCUT2D eigenvalue weighted by atomic mass is 10.1. The summed E-state index contributed by atoms with van der Waals surface area (Å²) >= 11 is 0. The van der Waals surface area contributed by atoms with E-state index in [1.54, 1.807) is 4.90 Å². The van der Waals surface area contributed by atoms with Crippen LogP contribution >= 0.6 is 0 Å². The topological polar surface area (TPSA) is 55.6 Å². The number of nitrogens with two attached hydrogens (primary N) is 1. The maximum Gasteiger partial charge on any atom is 0.264 e. The van der Waals surface area contributed by atoms with Crippen molar-refractivity contribution in [3.8, 4) is 5.75 Å². The number of ether oxygens (including phenoxy) is 1. The molecule has 0 bridgehead atoms. The van der Waals surface area contributed by atoms with E-state index < -0.39 is 0 Å². The number of rotatable bonds is 1. The van der Waals surface area contributed by atoms with Crippen LogP contribution in [0, 0.1) is 0 Å². The minimum Gasteiger partial charge on any atom is -0.480 e. The van der Waals surface area contributed by atoms with E-state index in [1.807, 2.05) is 24.3 Å². The van der Waals surface area contributed by atoms with E-state index in [9.17, 15) is 4.79 Å². The molecule has 2 heterocycles. The van der Waals surface area contributed by atoms with Crippen molar-refractivity contribution in [2.75, 3.05) is 13.1 Å². The van der Waals surface area contributed by atoms with E-state index in [2.05, 4.69) is 0 Å². The molecule has 84 valence electrons. The van der Waals surface area contributed by atoms with Gasteiger partial charge in [-0.25, -0.2) is 0 Å². The standard InChI is InChI=1S/C12H14N2O2/c13-9-6-14(7-9)12(15)11-5-8-3-1-2-4-10(8)16-11/h1-4,9,11H,5-7,13H2. The molecule has 1 saturated heterocycles. The van der Waals surface area contributed by atoms with Crippen molar-refractivity contribution in [3.05, 3.63) is 29.8 Å². The molecule has 0 spiro atoms. The van der Waals surface area contributed by atoms with Gasteiger partial charge in [0.05, 0.1) is 0 Å². The molecule has 2 aliphatic rings. The lowest BCUT2D eigenvalue weighted by Gasteiger charge is -2.38. The second-order valence-electron chi connectivity index (χ2n) is 4.42. The number of benzene rings is 1. The zero-order chi connectivity index (χ0) is 11.1. The van der Waals surface area contributed by atoms with Crippen molar-refractivity contribution in [3.63, 3.8) is 0 Å². The highest BCUT2D eigenvalue weighted by atomic mass is 16.5. The highest BCUT2D eigenvalue weighted by molar-refractivity contribution is 5.83. The second kappa shape index (κ2) is 3.49. The van der Waals surface area contributed by atoms with Gasteiger partial charge in [0.25, 0.3) is 5.91 Å². The van der Waals surface area contributed by atoms with Gasteiger partial charge in [-0.3, -0.25) is 4.79 Å². The molecule has 3 rings (SSSR count). The quantitative estimate of drug-likeness (QED) is 0.730. The van der Waals surface area contributed by atoms with Crippen LogP contribution in [0.2, 0.25) is 0 Å². The van der Waals surface area contributed by atoms with Crippen LogP contribution in [0.3, 0.4) is 0 Å². The number of likely N-dealkylation sites (tertiary alicyclic amines) is 1. The molecule has 1 aromatic rings. The summed E-state index contributed by atoms with van der Waals surface area (Å²) in [6, 6.07) is 7.95. The number of fused-ring (bicyclic) bond motifs is 1. The van der Waals surface area contributed by atoms with E-state index in [0.29, 0.717) is 19.5 Å². The van der Waals surface area contributed by atoms with Gasteiger partial charge in [0.2, 0.25) is 0 Å². The molecule has 2 N–H and O–H groups in total. The molecule has 4 nitrogen and oxygen atoms in total. The fraction of sp³-hybridized carbons (Fsp3) is 0.417. The van der Waals surface area contributed by atoms with Gasteiger partial charge in [0.1, 0.15) is 5.75 Å². The van der Waals surface area contributed by atoms with E-state index in [1.165, 1.54) is 0 Å². The predicted octanol–water partition coefficient (Wildman–Crippen LogP) is 0.160. The summed E-state index contributed by atoms with van der Waals surface area (Å²) in [6.07, 6.45) is 0.339. The molecule has 1 amide bonds. The molecule has 1 atom stereocenters. The average molecular weight is 218 g/mol. The summed E-state index contributed by atoms with van der Waals surface area (Å²) < 4.78 is 5.63. The predicted molar refractivity (Wildman–Crippen MR) is 59.1 cm³/mol. The monoisotopic (exact) mass is 218 g/mol. The maximum atomic E-state index is 12.0. The third kappa shape index (κ3) is 1.46. The van der Waals surface area contributed by atoms with Crippen LogP contribution in [0.25, 0.3) is 0 Å². The third-order valence-electron chi connectivity index (χ3n) is 3.14. The number of para-hydroxylation sites is 1. The van der Waals surface area contributed by atoms with Gasteiger partial charge in [-0.1, -0.05) is 18.2 Å². The fourth-order valence-corrected chi connectivity index (χ4v) is 2.22. The lowest BCUT2D eigenvalue weighted by molar-refractivity contribution is -0.142. The lowest BCUT2D eigenvalue weighted by Crippen LogP contribution is -2.60. The summed E-state index contributed by atoms with van der Waals surface area (Å²) in [5.74, 6) is 0.906. The van der Waals surface area contributed by atoms with Crippen LogP contribution in [-0.2, 0) is 11.2 Å². The van der Waals surface area contributed by atoms with Crippen molar-refractivity contribution in [1.29, 1.82) is 0 Å². The summed E-state index contributed by atoms with van der Waals surface area (Å²) in [4.78, 5) is 13.8. The number of amides is 1. The number of nitrogens with zero attached hydrogens (tertiary/aromatic N) is 1. The Labute approximate surface area is 94.0 Å². The Hall–Kier alpha value is -1.55. The summed E-state index contributed by atoms with van der Waals surface area (Å²) in [6.45, 7) is 1.32. The molecule has 16 heavy (non-hydrogen) atoms. The van der Waals surface area contributed by atoms with E-state index in [4.69, 9.17) is 10.5 Å². The summed E-state index contributed by atoms with van der Waals surface area (Å²) in [5, 5.41) is 0. The van der Waals surface area contributed by atoms with E-state index in [0.717, 1.165) is 11.3 Å². The van der Waals surface area contributed by atoms with Crippen molar-refractivity contribution in [1.82, 2.24) is 4.90 Å². The molecule has 2 aliphatic heterocycles. The van der Waals surface area contributed by atoms with Crippen LogP contribution in [0.4, 0.5) is 0 Å². The summed E-state index contributed by atoms with van der Waals surface area (Å²) in [5.41, 5.74) is 6.77. The smallest absolute Gasteiger partial charge is 0.264 e. The number of hydrogen-bond donors (Lipinski definition) is 1. The van der Waals surface area contributed by atoms with Crippen LogP contribution in [0.15, 0.2) is 24.3 Å². The maximum absolute atomic E-state index is 12.0. The molecule has 1 fully saturated rings. The fourth-order valence-electron chi connectivity index (χ4n) is 2.22. The van der Waals surface area contributed by atoms with Gasteiger partial charge in [-0.05, 0) is 11.6 Å². The first-order chi connectivity index (χ1) is 7.74. The van der Waals surface area contributed by atoms with Gasteiger partial charge in [-0.15, -0.1) is 0 Å². The highest BCUT2D eigenvalue weighted by Gasteiger charge is 2.36. The summed E-state index contributed by atoms with van der Waals surface area (Å²) in [7, 11) is 0. The van der Waals surface area contributed by atoms with Crippen molar-refractivity contribution in [2.24, 2.45) is 5.73 Å². The normalized spacial score (nSPS) is 23.6. The van der Waals surface area contributed by atoms with Crippen molar-refractivity contribution < 1.29 is 9.53 Å². The molecule has 0 aliphatic carbocycles. The molecular weight excluding hydrogens is 204 g/mol. The largest absolute Gasteiger partial charge is 0.480 e. The zero-order valence-electron chi connectivity index (χ0n) is 8.93. The molecule has 0 saturated carbocycles. The first-order valence-electron chi connectivity index (χ1n) is 5.53. The van der Waals surface area contributed by atoms with Crippen molar-refractivity contribution >= 4 is 5.91 Å². The van der Waals surface area contributed by atoms with Crippen LogP contribution < -0.4 is 10.5 Å². The van der Waals surface area contributed by atoms with E-state index >= 15 is 0 Å². The van der Waals surface area contributed by atoms with Gasteiger partial charge in [-0.2, -0.15) is 0 Å². The van der Waals surface area contributed by atoms with Crippen LogP contribution in [0.1, 0.15) is 5.56 Å². The third-order valence-corrected chi connectivity index (χ3v) is 3.14. The molecule has 0 aromatic heterocycles. The minimum atomic E-state index is -0.343. The van der Waals surface area contributed by atoms with Gasteiger partial charge < -0.3 is 15.4 Å². The Kier molecular flexibility index (Phi) is 2.11.